The van der Waals surface area contributed by atoms with Crippen LogP contribution >= 0.6 is 10.5 Å². The van der Waals surface area contributed by atoms with Crippen molar-refractivity contribution in [1.82, 2.24) is 0 Å². The molecule has 1 atom stereocenters. The van der Waals surface area contributed by atoms with E-state index < -0.39 is 33.9 Å². The molecule has 0 aliphatic carbocycles. The molecule has 0 bridgehead atoms. The van der Waals surface area contributed by atoms with Crippen LogP contribution in [0, 0.1) is 0 Å². The van der Waals surface area contributed by atoms with E-state index in [0.717, 1.165) is 29.0 Å². The summed E-state index contributed by atoms with van der Waals surface area (Å²) in [5.74, 6) is 0. The molecule has 0 nitrogen and oxygen atoms in total. The van der Waals surface area contributed by atoms with Crippen LogP contribution in [0.3, 0.4) is 0 Å². The highest BCUT2D eigenvalue weighted by atomic mass is 32.2. The fraction of sp³-hybridized carbons (Fsp3) is 0.100. The molecule has 3 aromatic carbocycles. The first-order valence-electron chi connectivity index (χ1n) is 7.88. The molecule has 0 aliphatic rings. The molecule has 138 valence electrons. The number of benzene rings is 3. The fourth-order valence-corrected chi connectivity index (χ4v) is 5.47. The summed E-state index contributed by atoms with van der Waals surface area (Å²) in [6, 6.07) is 15.4. The fourth-order valence-electron chi connectivity index (χ4n) is 3.11. The molecule has 7 heteroatoms. The Kier molecular flexibility index (Phi) is 3.96. The molecular formula is C20H11F6S+. The number of halogens is 6. The number of thiophene rings is 1. The second kappa shape index (κ2) is 5.99. The lowest BCUT2D eigenvalue weighted by Gasteiger charge is -2.06. The Morgan fingerprint density at radius 1 is 0.556 bits per heavy atom. The maximum Gasteiger partial charge on any atom is 0.416 e. The highest BCUT2D eigenvalue weighted by Gasteiger charge is 2.34. The zero-order valence-corrected chi connectivity index (χ0v) is 14.3. The Morgan fingerprint density at radius 2 is 1.11 bits per heavy atom. The molecule has 0 aliphatic heterocycles. The lowest BCUT2D eigenvalue weighted by molar-refractivity contribution is -0.138. The van der Waals surface area contributed by atoms with Crippen LogP contribution in [0.15, 0.2) is 66.7 Å². The van der Waals surface area contributed by atoms with E-state index in [-0.39, 0.29) is 0 Å². The van der Waals surface area contributed by atoms with Crippen molar-refractivity contribution >= 4 is 30.6 Å². The topological polar surface area (TPSA) is 0 Å². The summed E-state index contributed by atoms with van der Waals surface area (Å²) in [7, 11) is -0.745. The van der Waals surface area contributed by atoms with Crippen molar-refractivity contribution in [2.24, 2.45) is 0 Å². The van der Waals surface area contributed by atoms with Gasteiger partial charge >= 0.3 is 12.4 Å². The van der Waals surface area contributed by atoms with Crippen LogP contribution in [0.2, 0.25) is 0 Å². The first kappa shape index (κ1) is 17.9. The van der Waals surface area contributed by atoms with E-state index in [1.54, 1.807) is 18.2 Å². The summed E-state index contributed by atoms with van der Waals surface area (Å²) < 4.78 is 79.3. The maximum absolute atomic E-state index is 13.1. The molecule has 4 aromatic rings. The van der Waals surface area contributed by atoms with Crippen LogP contribution in [-0.4, -0.2) is 0 Å². The van der Waals surface area contributed by atoms with Gasteiger partial charge in [0.25, 0.3) is 0 Å². The van der Waals surface area contributed by atoms with Gasteiger partial charge in [0.2, 0.25) is 0 Å². The molecule has 1 aromatic heterocycles. The highest BCUT2D eigenvalue weighted by Crippen LogP contribution is 2.49. The molecule has 0 radical (unpaired) electrons. The third-order valence-electron chi connectivity index (χ3n) is 4.34. The molecule has 0 saturated carbocycles. The summed E-state index contributed by atoms with van der Waals surface area (Å²) in [6.45, 7) is 0. The quantitative estimate of drug-likeness (QED) is 0.227. The summed E-state index contributed by atoms with van der Waals surface area (Å²) in [5.41, 5.74) is -1.50. The first-order chi connectivity index (χ1) is 12.7. The van der Waals surface area contributed by atoms with Crippen molar-refractivity contribution in [2.45, 2.75) is 12.4 Å². The minimum Gasteiger partial charge on any atom is -0.166 e. The molecule has 0 saturated heterocycles. The van der Waals surface area contributed by atoms with Crippen molar-refractivity contribution in [3.63, 3.8) is 0 Å². The molecule has 0 N–H and O–H groups in total. The maximum atomic E-state index is 13.1. The van der Waals surface area contributed by atoms with Crippen LogP contribution < -0.4 is 0 Å². The predicted molar refractivity (Wildman–Crippen MR) is 95.3 cm³/mol. The van der Waals surface area contributed by atoms with Gasteiger partial charge in [-0.2, -0.15) is 26.3 Å². The number of rotatable bonds is 1. The van der Waals surface area contributed by atoms with Crippen molar-refractivity contribution in [1.29, 1.82) is 0 Å². The van der Waals surface area contributed by atoms with Gasteiger partial charge in [-0.1, -0.05) is 12.1 Å². The number of fused-ring (bicyclic) bond motifs is 3. The van der Waals surface area contributed by atoms with Gasteiger partial charge in [-0.3, -0.25) is 0 Å². The Labute approximate surface area is 152 Å². The molecule has 27 heavy (non-hydrogen) atoms. The average Bonchev–Trinajstić information content (AvgIpc) is 2.94. The lowest BCUT2D eigenvalue weighted by Crippen LogP contribution is -2.04. The van der Waals surface area contributed by atoms with Crippen LogP contribution in [0.5, 0.6) is 0 Å². The second-order valence-electron chi connectivity index (χ2n) is 6.03. The first-order valence-corrected chi connectivity index (χ1v) is 9.11. The van der Waals surface area contributed by atoms with E-state index in [9.17, 15) is 26.3 Å². The third kappa shape index (κ3) is 3.06. The number of hydrogen-bond donors (Lipinski definition) is 0. The van der Waals surface area contributed by atoms with Crippen molar-refractivity contribution in [3.05, 3.63) is 77.9 Å². The van der Waals surface area contributed by atoms with E-state index in [0.29, 0.717) is 20.4 Å². The smallest absolute Gasteiger partial charge is 0.166 e. The second-order valence-corrected chi connectivity index (χ2v) is 8.00. The van der Waals surface area contributed by atoms with Gasteiger partial charge in [-0.25, -0.2) is 0 Å². The minimum absolute atomic E-state index is 0.476. The van der Waals surface area contributed by atoms with E-state index in [4.69, 9.17) is 0 Å². The van der Waals surface area contributed by atoms with Crippen LogP contribution in [0.25, 0.3) is 25.1 Å². The normalized spacial score (nSPS) is 13.5. The average molecular weight is 397 g/mol. The minimum atomic E-state index is -4.46. The molecule has 4 rings (SSSR count). The standard InChI is InChI=1S/C20H11F6S/c21-19(22,23)12-5-8-14(9-6-12)27-17-4-2-1-3-15(17)16-11-13(20(24,25)26)7-10-18(16)27/h1-11H/q+1. The van der Waals surface area contributed by atoms with Crippen LogP contribution in [0.1, 0.15) is 11.1 Å². The van der Waals surface area contributed by atoms with Crippen molar-refractivity contribution < 1.29 is 26.3 Å². The number of hydrogen-bond acceptors (Lipinski definition) is 0. The summed E-state index contributed by atoms with van der Waals surface area (Å²) in [6.07, 6.45) is -8.89. The van der Waals surface area contributed by atoms with Crippen LogP contribution in [0.4, 0.5) is 26.3 Å². The Balaban J connectivity index is 1.99. The van der Waals surface area contributed by atoms with Gasteiger partial charge in [0.15, 0.2) is 14.3 Å². The van der Waals surface area contributed by atoms with Gasteiger partial charge in [-0.05, 0) is 54.6 Å². The largest absolute Gasteiger partial charge is 0.416 e. The molecule has 0 amide bonds. The third-order valence-corrected chi connectivity index (χ3v) is 6.68. The summed E-state index contributed by atoms with van der Waals surface area (Å²) >= 11 is 0. The van der Waals surface area contributed by atoms with Crippen molar-refractivity contribution in [3.8, 4) is 4.90 Å². The zero-order chi connectivity index (χ0) is 19.4. The van der Waals surface area contributed by atoms with Gasteiger partial charge in [0.05, 0.1) is 11.1 Å². The monoisotopic (exact) mass is 397 g/mol. The SMILES string of the molecule is FC(F)(F)c1ccc(-[s+]2c3ccccc3c3cc(C(F)(F)F)ccc32)cc1. The van der Waals surface area contributed by atoms with E-state index in [1.807, 2.05) is 6.07 Å². The van der Waals surface area contributed by atoms with E-state index in [1.165, 1.54) is 18.2 Å². The molecular weight excluding hydrogens is 386 g/mol. The van der Waals surface area contributed by atoms with Crippen LogP contribution in [-0.2, 0) is 12.4 Å². The number of alkyl halides is 6. The van der Waals surface area contributed by atoms with Gasteiger partial charge < -0.3 is 0 Å². The molecule has 1 heterocycles. The van der Waals surface area contributed by atoms with E-state index in [2.05, 4.69) is 0 Å². The highest BCUT2D eigenvalue weighted by molar-refractivity contribution is 7.50. The summed E-state index contributed by atoms with van der Waals surface area (Å²) in [4.78, 5) is 0.633. The Hall–Kier alpha value is -2.54. The molecule has 0 spiro atoms. The van der Waals surface area contributed by atoms with Gasteiger partial charge in [-0.15, -0.1) is 0 Å². The molecule has 1 unspecified atom stereocenters. The Bertz CT molecular complexity index is 1130. The Morgan fingerprint density at radius 3 is 1.74 bits per heavy atom. The van der Waals surface area contributed by atoms with Crippen molar-refractivity contribution in [2.75, 3.05) is 0 Å². The summed E-state index contributed by atoms with van der Waals surface area (Å²) in [5, 5.41) is 1.16. The predicted octanol–water partition coefficient (Wildman–Crippen LogP) is 7.77. The van der Waals surface area contributed by atoms with Gasteiger partial charge in [0, 0.05) is 21.2 Å². The lowest BCUT2D eigenvalue weighted by atomic mass is 10.1. The zero-order valence-electron chi connectivity index (χ0n) is 13.5. The van der Waals surface area contributed by atoms with E-state index >= 15 is 0 Å². The molecule has 0 fully saturated rings. The van der Waals surface area contributed by atoms with Gasteiger partial charge in [0.1, 0.15) is 0 Å².